The molecule has 28 heavy (non-hydrogen) atoms. The third-order valence-electron chi connectivity index (χ3n) is 6.39. The molecule has 0 amide bonds. The van der Waals surface area contributed by atoms with Crippen LogP contribution in [0.2, 0.25) is 0 Å². The molecule has 1 aromatic heterocycles. The van der Waals surface area contributed by atoms with E-state index >= 15 is 0 Å². The van der Waals surface area contributed by atoms with Crippen LogP contribution in [0.1, 0.15) is 50.8 Å². The van der Waals surface area contributed by atoms with Gasteiger partial charge < -0.3 is 5.11 Å². The Balaban J connectivity index is 0.000000279. The van der Waals surface area contributed by atoms with Gasteiger partial charge in [-0.2, -0.15) is 13.2 Å². The summed E-state index contributed by atoms with van der Waals surface area (Å²) >= 11 is 0. The number of benzene rings is 1. The molecule has 5 nitrogen and oxygen atoms in total. The number of carboxylic acids is 1. The number of halogens is 4. The summed E-state index contributed by atoms with van der Waals surface area (Å²) in [5, 5.41) is 10.3. The maximum atomic E-state index is 14.0. The van der Waals surface area contributed by atoms with E-state index in [9.17, 15) is 22.4 Å². The Morgan fingerprint density at radius 3 is 2.32 bits per heavy atom. The topological polar surface area (TPSA) is 75.1 Å². The number of nitrogens with zero attached hydrogens (tertiary/aromatic N) is 1. The van der Waals surface area contributed by atoms with Gasteiger partial charge in [-0.05, 0) is 36.3 Å². The number of aromatic nitrogens is 2. The molecule has 4 rings (SSSR count). The summed E-state index contributed by atoms with van der Waals surface area (Å²) < 4.78 is 47.1. The molecule has 2 atom stereocenters. The monoisotopic (exact) mass is 400 g/mol. The third kappa shape index (κ3) is 2.75. The fraction of sp³-hybridized carbons (Fsp3) is 0.474. The van der Waals surface area contributed by atoms with Crippen LogP contribution in [0.4, 0.5) is 17.6 Å². The van der Waals surface area contributed by atoms with Crippen molar-refractivity contribution < 1.29 is 27.5 Å². The summed E-state index contributed by atoms with van der Waals surface area (Å²) in [6, 6.07) is 6.40. The standard InChI is InChI=1S/C17H19FN2O.C2HF3O2/c1-16(2)10-8-9-17(16,3)14-13(10)15(21)20(19-14)12-7-5-4-6-11(12)18;3-2(4,5)1(6)7/h4-7,10,19H,8-9H2,1-3H3;(H,6,7)/t10-,17+;/m0./s1. The van der Waals surface area contributed by atoms with Crippen molar-refractivity contribution >= 4 is 5.97 Å². The van der Waals surface area contributed by atoms with E-state index in [1.165, 1.54) is 10.7 Å². The normalized spacial score (nSPS) is 24.5. The van der Waals surface area contributed by atoms with Gasteiger partial charge in [0.05, 0.1) is 0 Å². The number of rotatable bonds is 1. The second-order valence-electron chi connectivity index (χ2n) is 7.94. The molecule has 0 saturated heterocycles. The van der Waals surface area contributed by atoms with Crippen molar-refractivity contribution in [3.63, 3.8) is 0 Å². The molecule has 2 aromatic rings. The minimum atomic E-state index is -5.08. The van der Waals surface area contributed by atoms with Gasteiger partial charge in [-0.15, -0.1) is 0 Å². The minimum absolute atomic E-state index is 0.0251. The molecule has 2 aliphatic rings. The number of fused-ring (bicyclic) bond motifs is 5. The van der Waals surface area contributed by atoms with E-state index < -0.39 is 12.1 Å². The average molecular weight is 400 g/mol. The maximum Gasteiger partial charge on any atom is 0.490 e. The van der Waals surface area contributed by atoms with Gasteiger partial charge in [0.25, 0.3) is 5.56 Å². The fourth-order valence-electron chi connectivity index (χ4n) is 4.45. The fourth-order valence-corrected chi connectivity index (χ4v) is 4.45. The van der Waals surface area contributed by atoms with Crippen molar-refractivity contribution in [2.75, 3.05) is 0 Å². The number of alkyl halides is 3. The van der Waals surface area contributed by atoms with Crippen LogP contribution < -0.4 is 5.56 Å². The van der Waals surface area contributed by atoms with Crippen molar-refractivity contribution in [1.82, 2.24) is 9.78 Å². The van der Waals surface area contributed by atoms with Crippen LogP contribution >= 0.6 is 0 Å². The average Bonchev–Trinajstić information content (AvgIpc) is 3.10. The van der Waals surface area contributed by atoms with Gasteiger partial charge in [-0.25, -0.2) is 13.9 Å². The van der Waals surface area contributed by atoms with Crippen LogP contribution in [0, 0.1) is 11.2 Å². The highest BCUT2D eigenvalue weighted by Crippen LogP contribution is 2.66. The SMILES string of the molecule is CC1(C)[C@H]2CC[C@]1(C)c1[nH]n(-c3ccccc3F)c(=O)c12.O=C(O)C(F)(F)F. The van der Waals surface area contributed by atoms with Crippen LogP contribution in [0.3, 0.4) is 0 Å². The van der Waals surface area contributed by atoms with Crippen LogP contribution in [0.15, 0.2) is 29.1 Å². The molecule has 1 fully saturated rings. The van der Waals surface area contributed by atoms with Crippen molar-refractivity contribution in [2.24, 2.45) is 5.41 Å². The first-order chi connectivity index (χ1) is 12.8. The maximum absolute atomic E-state index is 14.0. The van der Waals surface area contributed by atoms with Gasteiger partial charge in [-0.3, -0.25) is 9.89 Å². The van der Waals surface area contributed by atoms with E-state index in [2.05, 4.69) is 25.9 Å². The van der Waals surface area contributed by atoms with E-state index in [0.29, 0.717) is 5.69 Å². The van der Waals surface area contributed by atoms with Crippen LogP contribution in [0.5, 0.6) is 0 Å². The first-order valence-electron chi connectivity index (χ1n) is 8.73. The molecular formula is C19H20F4N2O3. The summed E-state index contributed by atoms with van der Waals surface area (Å²) in [6.45, 7) is 6.71. The molecule has 0 unspecified atom stereocenters. The predicted octanol–water partition coefficient (Wildman–Crippen LogP) is 4.11. The molecule has 9 heteroatoms. The predicted molar refractivity (Wildman–Crippen MR) is 93.1 cm³/mol. The summed E-state index contributed by atoms with van der Waals surface area (Å²) in [6.07, 6.45) is -2.96. The van der Waals surface area contributed by atoms with E-state index in [-0.39, 0.29) is 28.1 Å². The molecule has 2 aliphatic carbocycles. The smallest absolute Gasteiger partial charge is 0.475 e. The molecule has 1 saturated carbocycles. The van der Waals surface area contributed by atoms with Gasteiger partial charge in [0.1, 0.15) is 11.5 Å². The number of hydrogen-bond donors (Lipinski definition) is 2. The van der Waals surface area contributed by atoms with E-state index in [1.54, 1.807) is 18.2 Å². The largest absolute Gasteiger partial charge is 0.490 e. The molecule has 2 N–H and O–H groups in total. The van der Waals surface area contributed by atoms with Crippen LogP contribution in [-0.2, 0) is 10.2 Å². The Bertz CT molecular complexity index is 990. The summed E-state index contributed by atoms with van der Waals surface area (Å²) in [5.41, 5.74) is 2.16. The molecule has 0 radical (unpaired) electrons. The summed E-state index contributed by atoms with van der Waals surface area (Å²) in [5.74, 6) is -2.86. The Labute approximate surface area is 158 Å². The van der Waals surface area contributed by atoms with Gasteiger partial charge >= 0.3 is 12.1 Å². The number of para-hydroxylation sites is 1. The molecule has 152 valence electrons. The van der Waals surface area contributed by atoms with Crippen LogP contribution in [0.25, 0.3) is 5.69 Å². The second-order valence-corrected chi connectivity index (χ2v) is 7.94. The number of hydrogen-bond acceptors (Lipinski definition) is 2. The van der Waals surface area contributed by atoms with Crippen molar-refractivity contribution in [1.29, 1.82) is 0 Å². The molecule has 0 spiro atoms. The first kappa shape index (κ1) is 20.2. The van der Waals surface area contributed by atoms with Gasteiger partial charge in [0.15, 0.2) is 0 Å². The second kappa shape index (κ2) is 6.22. The quantitative estimate of drug-likeness (QED) is 0.708. The van der Waals surface area contributed by atoms with Gasteiger partial charge in [0, 0.05) is 16.7 Å². The van der Waals surface area contributed by atoms with Crippen molar-refractivity contribution in [3.05, 3.63) is 51.7 Å². The molecule has 0 aliphatic heterocycles. The summed E-state index contributed by atoms with van der Waals surface area (Å²) in [4.78, 5) is 21.7. The number of H-pyrrole nitrogens is 1. The lowest BCUT2D eigenvalue weighted by Gasteiger charge is -2.34. The zero-order valence-electron chi connectivity index (χ0n) is 15.5. The highest BCUT2D eigenvalue weighted by molar-refractivity contribution is 5.73. The summed E-state index contributed by atoms with van der Waals surface area (Å²) in [7, 11) is 0. The van der Waals surface area contributed by atoms with E-state index in [0.717, 1.165) is 24.1 Å². The van der Waals surface area contributed by atoms with E-state index in [1.807, 2.05) is 0 Å². The van der Waals surface area contributed by atoms with Crippen molar-refractivity contribution in [2.45, 2.75) is 51.1 Å². The molecule has 1 heterocycles. The Morgan fingerprint density at radius 1 is 1.25 bits per heavy atom. The highest BCUT2D eigenvalue weighted by Gasteiger charge is 2.61. The number of nitrogens with one attached hydrogen (secondary N) is 1. The first-order valence-corrected chi connectivity index (χ1v) is 8.73. The highest BCUT2D eigenvalue weighted by atomic mass is 19.4. The van der Waals surface area contributed by atoms with Crippen molar-refractivity contribution in [3.8, 4) is 5.69 Å². The Kier molecular flexibility index (Phi) is 4.48. The zero-order chi connectivity index (χ0) is 21.1. The molecule has 1 aromatic carbocycles. The van der Waals surface area contributed by atoms with Gasteiger partial charge in [0.2, 0.25) is 0 Å². The number of aliphatic carboxylic acids is 1. The van der Waals surface area contributed by atoms with E-state index in [4.69, 9.17) is 9.90 Å². The van der Waals surface area contributed by atoms with Crippen LogP contribution in [-0.4, -0.2) is 27.0 Å². The lowest BCUT2D eigenvalue weighted by molar-refractivity contribution is -0.192. The number of aromatic amines is 1. The molecular weight excluding hydrogens is 380 g/mol. The molecule has 2 bridgehead atoms. The Hall–Kier alpha value is -2.58. The third-order valence-corrected chi connectivity index (χ3v) is 6.39. The van der Waals surface area contributed by atoms with Gasteiger partial charge in [-0.1, -0.05) is 32.9 Å². The lowest BCUT2D eigenvalue weighted by atomic mass is 9.70. The lowest BCUT2D eigenvalue weighted by Crippen LogP contribution is -2.33. The minimum Gasteiger partial charge on any atom is -0.475 e. The number of carbonyl (C=O) groups is 1. The number of carboxylic acid groups (broad SMARTS) is 1. The zero-order valence-corrected chi connectivity index (χ0v) is 15.5. The Morgan fingerprint density at radius 2 is 1.82 bits per heavy atom.